The molecule has 0 heterocycles. The molecule has 0 amide bonds. The molecule has 0 aromatic carbocycles. The molecule has 1 saturated carbocycles. The fourth-order valence-electron chi connectivity index (χ4n) is 2.78. The summed E-state index contributed by atoms with van der Waals surface area (Å²) >= 11 is 6.44. The molecule has 4 unspecified atom stereocenters. The van der Waals surface area contributed by atoms with Crippen LogP contribution in [0.15, 0.2) is 0 Å². The number of hydrogen-bond acceptors (Lipinski definition) is 1. The molecular weight excluding hydrogens is 220 g/mol. The zero-order valence-electron chi connectivity index (χ0n) is 11.4. The Labute approximate surface area is 106 Å². The lowest BCUT2D eigenvalue weighted by Gasteiger charge is -2.40. The van der Waals surface area contributed by atoms with Crippen molar-refractivity contribution in [1.29, 1.82) is 0 Å². The van der Waals surface area contributed by atoms with Gasteiger partial charge in [-0.3, -0.25) is 0 Å². The lowest BCUT2D eigenvalue weighted by molar-refractivity contribution is 0.0683. The van der Waals surface area contributed by atoms with Crippen molar-refractivity contribution in [3.8, 4) is 0 Å². The molecule has 0 radical (unpaired) electrons. The fourth-order valence-corrected chi connectivity index (χ4v) is 3.11. The SMILES string of the molecule is COC(C)CC1CC(C(C)(C)C)CCC1Cl. The quantitative estimate of drug-likeness (QED) is 0.667. The van der Waals surface area contributed by atoms with E-state index >= 15 is 0 Å². The van der Waals surface area contributed by atoms with Crippen molar-refractivity contribution in [2.45, 2.75) is 64.9 Å². The Hall–Kier alpha value is 0.250. The first-order valence-corrected chi connectivity index (χ1v) is 6.95. The smallest absolute Gasteiger partial charge is 0.0546 e. The molecule has 0 bridgehead atoms. The summed E-state index contributed by atoms with van der Waals surface area (Å²) in [4.78, 5) is 0. The summed E-state index contributed by atoms with van der Waals surface area (Å²) in [7, 11) is 1.79. The molecule has 0 aliphatic heterocycles. The largest absolute Gasteiger partial charge is 0.382 e. The maximum atomic E-state index is 6.44. The van der Waals surface area contributed by atoms with Crippen LogP contribution in [0, 0.1) is 17.3 Å². The van der Waals surface area contributed by atoms with Crippen LogP contribution in [0.4, 0.5) is 0 Å². The minimum Gasteiger partial charge on any atom is -0.382 e. The van der Waals surface area contributed by atoms with E-state index in [2.05, 4.69) is 27.7 Å². The van der Waals surface area contributed by atoms with Crippen LogP contribution in [0.25, 0.3) is 0 Å². The Balaban J connectivity index is 2.55. The van der Waals surface area contributed by atoms with E-state index in [1.165, 1.54) is 19.3 Å². The van der Waals surface area contributed by atoms with E-state index in [0.29, 0.717) is 22.8 Å². The fraction of sp³-hybridized carbons (Fsp3) is 1.00. The molecule has 16 heavy (non-hydrogen) atoms. The lowest BCUT2D eigenvalue weighted by atomic mass is 9.68. The van der Waals surface area contributed by atoms with E-state index in [4.69, 9.17) is 16.3 Å². The highest BCUT2D eigenvalue weighted by Crippen LogP contribution is 2.43. The monoisotopic (exact) mass is 246 g/mol. The predicted molar refractivity (Wildman–Crippen MR) is 71.0 cm³/mol. The first-order valence-electron chi connectivity index (χ1n) is 6.51. The summed E-state index contributed by atoms with van der Waals surface area (Å²) in [6, 6.07) is 0. The number of rotatable bonds is 3. The first kappa shape index (κ1) is 14.3. The van der Waals surface area contributed by atoms with Crippen molar-refractivity contribution in [3.05, 3.63) is 0 Å². The Kier molecular flexibility index (Phi) is 5.12. The van der Waals surface area contributed by atoms with E-state index in [1.54, 1.807) is 7.11 Å². The summed E-state index contributed by atoms with van der Waals surface area (Å²) in [5.41, 5.74) is 0.422. The van der Waals surface area contributed by atoms with Crippen molar-refractivity contribution in [2.24, 2.45) is 17.3 Å². The number of methoxy groups -OCH3 is 1. The normalized spacial score (nSPS) is 33.8. The number of hydrogen-bond donors (Lipinski definition) is 0. The first-order chi connectivity index (χ1) is 7.34. The van der Waals surface area contributed by atoms with Crippen LogP contribution in [-0.4, -0.2) is 18.6 Å². The summed E-state index contributed by atoms with van der Waals surface area (Å²) in [6.45, 7) is 9.19. The van der Waals surface area contributed by atoms with Gasteiger partial charge in [0.25, 0.3) is 0 Å². The van der Waals surface area contributed by atoms with Crippen LogP contribution in [-0.2, 0) is 4.74 Å². The van der Waals surface area contributed by atoms with Crippen LogP contribution in [0.5, 0.6) is 0 Å². The Morgan fingerprint density at radius 3 is 2.44 bits per heavy atom. The van der Waals surface area contributed by atoms with Gasteiger partial charge >= 0.3 is 0 Å². The summed E-state index contributed by atoms with van der Waals surface area (Å²) < 4.78 is 5.36. The van der Waals surface area contributed by atoms with Gasteiger partial charge in [0.1, 0.15) is 0 Å². The van der Waals surface area contributed by atoms with Crippen LogP contribution in [0.2, 0.25) is 0 Å². The minimum atomic E-state index is 0.338. The molecule has 0 spiro atoms. The maximum absolute atomic E-state index is 6.44. The van der Waals surface area contributed by atoms with Crippen LogP contribution in [0.3, 0.4) is 0 Å². The molecular formula is C14H27ClO. The maximum Gasteiger partial charge on any atom is 0.0546 e. The third-order valence-electron chi connectivity index (χ3n) is 4.15. The van der Waals surface area contributed by atoms with E-state index in [9.17, 15) is 0 Å². The zero-order chi connectivity index (χ0) is 12.3. The number of ether oxygens (including phenoxy) is 1. The molecule has 1 nitrogen and oxygen atoms in total. The summed E-state index contributed by atoms with van der Waals surface area (Å²) in [6.07, 6.45) is 5.17. The molecule has 0 aromatic heterocycles. The van der Waals surface area contributed by atoms with Gasteiger partial charge in [0, 0.05) is 12.5 Å². The van der Waals surface area contributed by atoms with E-state index in [1.807, 2.05) is 0 Å². The lowest BCUT2D eigenvalue weighted by Crippen LogP contribution is -2.34. The molecule has 1 fully saturated rings. The van der Waals surface area contributed by atoms with Gasteiger partial charge in [0.05, 0.1) is 6.10 Å². The highest BCUT2D eigenvalue weighted by molar-refractivity contribution is 6.20. The summed E-state index contributed by atoms with van der Waals surface area (Å²) in [5, 5.41) is 0.358. The predicted octanol–water partition coefficient (Wildman–Crippen LogP) is 4.48. The Morgan fingerprint density at radius 1 is 1.31 bits per heavy atom. The molecule has 1 aliphatic carbocycles. The molecule has 96 valence electrons. The third kappa shape index (κ3) is 3.92. The van der Waals surface area contributed by atoms with Crippen LogP contribution in [0.1, 0.15) is 53.4 Å². The van der Waals surface area contributed by atoms with Crippen molar-refractivity contribution in [1.82, 2.24) is 0 Å². The van der Waals surface area contributed by atoms with Crippen LogP contribution >= 0.6 is 11.6 Å². The Bertz CT molecular complexity index is 209. The van der Waals surface area contributed by atoms with Crippen molar-refractivity contribution < 1.29 is 4.74 Å². The summed E-state index contributed by atoms with van der Waals surface area (Å²) in [5.74, 6) is 1.45. The molecule has 0 N–H and O–H groups in total. The molecule has 0 aromatic rings. The highest BCUT2D eigenvalue weighted by atomic mass is 35.5. The standard InChI is InChI=1S/C14H27ClO/c1-10(16-5)8-11-9-12(14(2,3)4)6-7-13(11)15/h10-13H,6-9H2,1-5H3. The molecule has 2 heteroatoms. The average molecular weight is 247 g/mol. The van der Waals surface area contributed by atoms with Crippen molar-refractivity contribution in [2.75, 3.05) is 7.11 Å². The topological polar surface area (TPSA) is 9.23 Å². The molecule has 1 aliphatic rings. The second-order valence-corrected chi connectivity index (χ2v) is 6.99. The highest BCUT2D eigenvalue weighted by Gasteiger charge is 2.35. The van der Waals surface area contributed by atoms with Crippen molar-refractivity contribution >= 4 is 11.6 Å². The van der Waals surface area contributed by atoms with Gasteiger partial charge in [-0.25, -0.2) is 0 Å². The van der Waals surface area contributed by atoms with E-state index < -0.39 is 0 Å². The third-order valence-corrected chi connectivity index (χ3v) is 4.73. The van der Waals surface area contributed by atoms with Gasteiger partial charge in [-0.05, 0) is 49.9 Å². The van der Waals surface area contributed by atoms with Gasteiger partial charge in [-0.1, -0.05) is 20.8 Å². The average Bonchev–Trinajstić information content (AvgIpc) is 2.19. The van der Waals surface area contributed by atoms with Crippen LogP contribution < -0.4 is 0 Å². The molecule has 4 atom stereocenters. The minimum absolute atomic E-state index is 0.338. The van der Waals surface area contributed by atoms with Gasteiger partial charge in [-0.15, -0.1) is 11.6 Å². The zero-order valence-corrected chi connectivity index (χ0v) is 12.2. The van der Waals surface area contributed by atoms with Gasteiger partial charge in [-0.2, -0.15) is 0 Å². The molecule has 0 saturated heterocycles. The van der Waals surface area contributed by atoms with Crippen molar-refractivity contribution in [3.63, 3.8) is 0 Å². The molecule has 1 rings (SSSR count). The second-order valence-electron chi connectivity index (χ2n) is 6.43. The van der Waals surface area contributed by atoms with Gasteiger partial charge in [0.2, 0.25) is 0 Å². The van der Waals surface area contributed by atoms with E-state index in [0.717, 1.165) is 12.3 Å². The number of halogens is 1. The Morgan fingerprint density at radius 2 is 1.94 bits per heavy atom. The second kappa shape index (κ2) is 5.73. The number of alkyl halides is 1. The van der Waals surface area contributed by atoms with Gasteiger partial charge < -0.3 is 4.74 Å². The van der Waals surface area contributed by atoms with E-state index in [-0.39, 0.29) is 0 Å². The van der Waals surface area contributed by atoms with Gasteiger partial charge in [0.15, 0.2) is 0 Å².